The number of sulfonamides is 1. The Morgan fingerprint density at radius 2 is 2.12 bits per heavy atom. The van der Waals surface area contributed by atoms with Crippen molar-refractivity contribution in [3.8, 4) is 6.07 Å². The highest BCUT2D eigenvalue weighted by Crippen LogP contribution is 2.18. The standard InChI is InChI=1S/C10H17N3O3S/c1-3-9(6-11)17(15,16)13-7(2)10(14)12-8-4-5-8/h7-9,13H,3-5H2,1-2H3,(H,12,14). The molecule has 1 aliphatic rings. The molecule has 0 aromatic carbocycles. The summed E-state index contributed by atoms with van der Waals surface area (Å²) in [6.45, 7) is 3.08. The molecule has 6 nitrogen and oxygen atoms in total. The Morgan fingerprint density at radius 1 is 1.53 bits per heavy atom. The van der Waals surface area contributed by atoms with Crippen LogP contribution in [0.15, 0.2) is 0 Å². The molecule has 7 heteroatoms. The molecule has 0 saturated heterocycles. The molecule has 1 amide bonds. The van der Waals surface area contributed by atoms with Crippen molar-refractivity contribution in [2.45, 2.75) is 50.4 Å². The fraction of sp³-hybridized carbons (Fsp3) is 0.800. The Balaban J connectivity index is 2.56. The molecular weight excluding hydrogens is 242 g/mol. The van der Waals surface area contributed by atoms with E-state index >= 15 is 0 Å². The van der Waals surface area contributed by atoms with E-state index < -0.39 is 21.3 Å². The summed E-state index contributed by atoms with van der Waals surface area (Å²) >= 11 is 0. The second-order valence-corrected chi connectivity index (χ2v) is 6.09. The Bertz CT molecular complexity index is 423. The van der Waals surface area contributed by atoms with E-state index in [1.165, 1.54) is 6.92 Å². The van der Waals surface area contributed by atoms with Gasteiger partial charge in [0.1, 0.15) is 0 Å². The van der Waals surface area contributed by atoms with Gasteiger partial charge in [0.15, 0.2) is 5.25 Å². The topological polar surface area (TPSA) is 99.1 Å². The lowest BCUT2D eigenvalue weighted by Gasteiger charge is -2.16. The van der Waals surface area contributed by atoms with E-state index in [2.05, 4.69) is 10.0 Å². The summed E-state index contributed by atoms with van der Waals surface area (Å²) < 4.78 is 25.6. The zero-order valence-corrected chi connectivity index (χ0v) is 10.8. The van der Waals surface area contributed by atoms with E-state index in [1.807, 2.05) is 0 Å². The molecule has 17 heavy (non-hydrogen) atoms. The SMILES string of the molecule is CCC(C#N)S(=O)(=O)NC(C)C(=O)NC1CC1. The summed E-state index contributed by atoms with van der Waals surface area (Å²) in [5.74, 6) is -0.344. The van der Waals surface area contributed by atoms with Crippen molar-refractivity contribution in [3.63, 3.8) is 0 Å². The molecule has 1 saturated carbocycles. The number of amides is 1. The second kappa shape index (κ2) is 5.47. The van der Waals surface area contributed by atoms with E-state index in [9.17, 15) is 13.2 Å². The van der Waals surface area contributed by atoms with Crippen LogP contribution in [0, 0.1) is 11.3 Å². The van der Waals surface area contributed by atoms with Crippen molar-refractivity contribution in [2.75, 3.05) is 0 Å². The highest BCUT2D eigenvalue weighted by molar-refractivity contribution is 7.90. The maximum Gasteiger partial charge on any atom is 0.238 e. The molecule has 0 bridgehead atoms. The van der Waals surface area contributed by atoms with Gasteiger partial charge in [-0.1, -0.05) is 6.92 Å². The monoisotopic (exact) mass is 259 g/mol. The zero-order valence-electron chi connectivity index (χ0n) is 9.93. The van der Waals surface area contributed by atoms with E-state index in [-0.39, 0.29) is 18.4 Å². The van der Waals surface area contributed by atoms with E-state index in [4.69, 9.17) is 5.26 Å². The minimum atomic E-state index is -3.75. The van der Waals surface area contributed by atoms with Crippen molar-refractivity contribution in [3.05, 3.63) is 0 Å². The summed E-state index contributed by atoms with van der Waals surface area (Å²) in [5, 5.41) is 10.3. The summed E-state index contributed by atoms with van der Waals surface area (Å²) in [6, 6.07) is 1.05. The number of carbonyl (C=O) groups excluding carboxylic acids is 1. The van der Waals surface area contributed by atoms with Gasteiger partial charge >= 0.3 is 0 Å². The molecule has 2 unspecified atom stereocenters. The van der Waals surface area contributed by atoms with Crippen LogP contribution in [0.3, 0.4) is 0 Å². The lowest BCUT2D eigenvalue weighted by atomic mass is 10.3. The molecule has 1 rings (SSSR count). The summed E-state index contributed by atoms with van der Waals surface area (Å²) in [7, 11) is -3.75. The highest BCUT2D eigenvalue weighted by Gasteiger charge is 2.30. The van der Waals surface area contributed by atoms with Gasteiger partial charge in [0.25, 0.3) is 0 Å². The summed E-state index contributed by atoms with van der Waals surface area (Å²) in [4.78, 5) is 11.5. The van der Waals surface area contributed by atoms with Gasteiger partial charge in [0, 0.05) is 6.04 Å². The van der Waals surface area contributed by atoms with Crippen molar-refractivity contribution < 1.29 is 13.2 Å². The first-order chi connectivity index (χ1) is 7.90. The van der Waals surface area contributed by atoms with Gasteiger partial charge in [-0.3, -0.25) is 4.79 Å². The number of nitriles is 1. The summed E-state index contributed by atoms with van der Waals surface area (Å²) in [6.07, 6.45) is 2.09. The first kappa shape index (κ1) is 13.9. The number of hydrogen-bond donors (Lipinski definition) is 2. The van der Waals surface area contributed by atoms with E-state index in [0.717, 1.165) is 12.8 Å². The normalized spacial score (nSPS) is 19.1. The van der Waals surface area contributed by atoms with Crippen molar-refractivity contribution in [1.82, 2.24) is 10.0 Å². The highest BCUT2D eigenvalue weighted by atomic mass is 32.2. The summed E-state index contributed by atoms with van der Waals surface area (Å²) in [5.41, 5.74) is 0. The van der Waals surface area contributed by atoms with Crippen LogP contribution >= 0.6 is 0 Å². The number of carbonyl (C=O) groups is 1. The molecule has 0 aromatic rings. The lowest BCUT2D eigenvalue weighted by molar-refractivity contribution is -0.122. The average molecular weight is 259 g/mol. The predicted octanol–water partition coefficient (Wildman–Crippen LogP) is -0.125. The third-order valence-corrected chi connectivity index (χ3v) is 4.42. The number of nitrogens with zero attached hydrogens (tertiary/aromatic N) is 1. The van der Waals surface area contributed by atoms with Crippen LogP contribution in [0.5, 0.6) is 0 Å². The average Bonchev–Trinajstić information content (AvgIpc) is 3.02. The van der Waals surface area contributed by atoms with Crippen molar-refractivity contribution in [1.29, 1.82) is 5.26 Å². The molecule has 0 aromatic heterocycles. The molecule has 2 N–H and O–H groups in total. The van der Waals surface area contributed by atoms with Gasteiger partial charge in [-0.15, -0.1) is 0 Å². The first-order valence-electron chi connectivity index (χ1n) is 5.61. The fourth-order valence-electron chi connectivity index (χ4n) is 1.32. The van der Waals surface area contributed by atoms with Crippen LogP contribution in [0.1, 0.15) is 33.1 Å². The van der Waals surface area contributed by atoms with Gasteiger partial charge in [-0.2, -0.15) is 5.26 Å². The van der Waals surface area contributed by atoms with Crippen LogP contribution in [0.4, 0.5) is 0 Å². The predicted molar refractivity (Wildman–Crippen MR) is 62.4 cm³/mol. The molecule has 0 aliphatic heterocycles. The minimum Gasteiger partial charge on any atom is -0.352 e. The fourth-order valence-corrected chi connectivity index (χ4v) is 2.66. The lowest BCUT2D eigenvalue weighted by Crippen LogP contribution is -2.47. The van der Waals surface area contributed by atoms with Gasteiger partial charge in [0.2, 0.25) is 15.9 Å². The zero-order chi connectivity index (χ0) is 13.1. The number of hydrogen-bond acceptors (Lipinski definition) is 4. The number of rotatable bonds is 6. The van der Waals surface area contributed by atoms with E-state index in [1.54, 1.807) is 13.0 Å². The first-order valence-corrected chi connectivity index (χ1v) is 7.16. The molecule has 1 fully saturated rings. The third kappa shape index (κ3) is 3.98. The molecule has 0 radical (unpaired) electrons. The molecule has 2 atom stereocenters. The largest absolute Gasteiger partial charge is 0.352 e. The smallest absolute Gasteiger partial charge is 0.238 e. The number of nitrogens with one attached hydrogen (secondary N) is 2. The molecule has 0 heterocycles. The maximum absolute atomic E-state index is 11.7. The van der Waals surface area contributed by atoms with Crippen LogP contribution in [0.2, 0.25) is 0 Å². The van der Waals surface area contributed by atoms with Crippen LogP contribution in [-0.4, -0.2) is 31.7 Å². The molecule has 0 spiro atoms. The molecular formula is C10H17N3O3S. The second-order valence-electron chi connectivity index (χ2n) is 4.19. The van der Waals surface area contributed by atoms with Crippen molar-refractivity contribution >= 4 is 15.9 Å². The van der Waals surface area contributed by atoms with E-state index in [0.29, 0.717) is 0 Å². The van der Waals surface area contributed by atoms with Crippen LogP contribution in [0.25, 0.3) is 0 Å². The van der Waals surface area contributed by atoms with Crippen molar-refractivity contribution in [2.24, 2.45) is 0 Å². The van der Waals surface area contributed by atoms with Gasteiger partial charge in [0.05, 0.1) is 12.1 Å². The minimum absolute atomic E-state index is 0.187. The molecule has 1 aliphatic carbocycles. The maximum atomic E-state index is 11.7. The quantitative estimate of drug-likeness (QED) is 0.694. The van der Waals surface area contributed by atoms with Gasteiger partial charge < -0.3 is 5.32 Å². The Morgan fingerprint density at radius 3 is 2.53 bits per heavy atom. The molecule has 96 valence electrons. The Labute approximate surface area is 101 Å². The van der Waals surface area contributed by atoms with Crippen LogP contribution < -0.4 is 10.0 Å². The Hall–Kier alpha value is -1.13. The Kier molecular flexibility index (Phi) is 4.48. The third-order valence-electron chi connectivity index (χ3n) is 2.55. The van der Waals surface area contributed by atoms with Gasteiger partial charge in [-0.05, 0) is 26.2 Å². The van der Waals surface area contributed by atoms with Gasteiger partial charge in [-0.25, -0.2) is 13.1 Å². The van der Waals surface area contributed by atoms with Crippen LogP contribution in [-0.2, 0) is 14.8 Å².